The van der Waals surface area contributed by atoms with Crippen LogP contribution in [-0.2, 0) is 0 Å². The van der Waals surface area contributed by atoms with E-state index in [4.69, 9.17) is 14.2 Å². The van der Waals surface area contributed by atoms with Gasteiger partial charge in [-0.05, 0) is 42.1 Å². The van der Waals surface area contributed by atoms with E-state index in [0.29, 0.717) is 29.5 Å². The molecule has 3 aromatic rings. The number of nitriles is 1. The van der Waals surface area contributed by atoms with E-state index in [2.05, 4.69) is 11.1 Å². The molecule has 6 heteroatoms. The molecular weight excluding hydrogens is 348 g/mol. The Kier molecular flexibility index (Phi) is 5.40. The van der Waals surface area contributed by atoms with Gasteiger partial charge < -0.3 is 14.2 Å². The molecule has 0 aliphatic carbocycles. The lowest BCUT2D eigenvalue weighted by molar-refractivity contribution is 0.326. The molecular formula is C20H18N2O3S. The Labute approximate surface area is 156 Å². The summed E-state index contributed by atoms with van der Waals surface area (Å²) in [5, 5.41) is 11.7. The molecule has 0 saturated carbocycles. The highest BCUT2D eigenvalue weighted by Gasteiger charge is 2.18. The van der Waals surface area contributed by atoms with E-state index in [-0.39, 0.29) is 0 Å². The summed E-state index contributed by atoms with van der Waals surface area (Å²) in [6.45, 7) is 2.30. The van der Waals surface area contributed by atoms with Crippen LogP contribution in [0.25, 0.3) is 21.7 Å². The lowest BCUT2D eigenvalue weighted by Crippen LogP contribution is -2.01. The second-order valence-electron chi connectivity index (χ2n) is 5.33. The molecule has 132 valence electrons. The Balaban J connectivity index is 2.23. The quantitative estimate of drug-likeness (QED) is 0.629. The maximum atomic E-state index is 9.71. The van der Waals surface area contributed by atoms with E-state index in [1.54, 1.807) is 25.6 Å². The summed E-state index contributed by atoms with van der Waals surface area (Å²) >= 11 is 1.59. The van der Waals surface area contributed by atoms with Crippen LogP contribution in [0, 0.1) is 11.3 Å². The average molecular weight is 366 g/mol. The third-order valence-electron chi connectivity index (χ3n) is 3.85. The number of methoxy groups -OCH3 is 2. The van der Waals surface area contributed by atoms with Crippen molar-refractivity contribution in [2.75, 3.05) is 20.8 Å². The third kappa shape index (κ3) is 3.35. The van der Waals surface area contributed by atoms with E-state index >= 15 is 0 Å². The smallest absolute Gasteiger partial charge is 0.232 e. The molecule has 0 aliphatic rings. The van der Waals surface area contributed by atoms with Crippen molar-refractivity contribution in [3.63, 3.8) is 0 Å². The molecule has 26 heavy (non-hydrogen) atoms. The summed E-state index contributed by atoms with van der Waals surface area (Å²) in [6.07, 6.45) is 0. The maximum absolute atomic E-state index is 9.71. The van der Waals surface area contributed by atoms with Crippen molar-refractivity contribution in [3.05, 3.63) is 47.3 Å². The van der Waals surface area contributed by atoms with Crippen LogP contribution in [0.15, 0.2) is 41.8 Å². The minimum Gasteiger partial charge on any atom is -0.493 e. The van der Waals surface area contributed by atoms with Gasteiger partial charge in [0.1, 0.15) is 11.6 Å². The minimum absolute atomic E-state index is 0.339. The first kappa shape index (κ1) is 17.8. The number of pyridine rings is 1. The largest absolute Gasteiger partial charge is 0.493 e. The normalized spacial score (nSPS) is 10.2. The average Bonchev–Trinajstić information content (AvgIpc) is 3.22. The summed E-state index contributed by atoms with van der Waals surface area (Å²) in [6, 6.07) is 13.7. The fourth-order valence-electron chi connectivity index (χ4n) is 2.65. The second-order valence-corrected chi connectivity index (χ2v) is 6.27. The van der Waals surface area contributed by atoms with Crippen molar-refractivity contribution in [3.8, 4) is 45.1 Å². The van der Waals surface area contributed by atoms with Gasteiger partial charge in [-0.2, -0.15) is 5.26 Å². The van der Waals surface area contributed by atoms with Crippen molar-refractivity contribution in [1.82, 2.24) is 4.98 Å². The zero-order valence-corrected chi connectivity index (χ0v) is 15.6. The molecule has 2 aromatic heterocycles. The third-order valence-corrected chi connectivity index (χ3v) is 4.74. The van der Waals surface area contributed by atoms with Crippen LogP contribution in [0.5, 0.6) is 17.4 Å². The van der Waals surface area contributed by atoms with Gasteiger partial charge in [0.25, 0.3) is 0 Å². The topological polar surface area (TPSA) is 64.4 Å². The number of nitrogens with zero attached hydrogens (tertiary/aromatic N) is 2. The molecule has 5 nitrogen and oxygen atoms in total. The van der Waals surface area contributed by atoms with E-state index in [1.165, 1.54) is 0 Å². The van der Waals surface area contributed by atoms with Gasteiger partial charge in [0.05, 0.1) is 31.4 Å². The van der Waals surface area contributed by atoms with Gasteiger partial charge in [-0.15, -0.1) is 11.3 Å². The summed E-state index contributed by atoms with van der Waals surface area (Å²) in [5.74, 6) is 1.57. The highest BCUT2D eigenvalue weighted by Crippen LogP contribution is 2.38. The van der Waals surface area contributed by atoms with Crippen molar-refractivity contribution >= 4 is 11.3 Å². The lowest BCUT2D eigenvalue weighted by Gasteiger charge is -2.14. The molecule has 0 fully saturated rings. The first-order valence-corrected chi connectivity index (χ1v) is 8.94. The molecule has 0 atom stereocenters. The second kappa shape index (κ2) is 7.89. The summed E-state index contributed by atoms with van der Waals surface area (Å²) in [7, 11) is 3.18. The van der Waals surface area contributed by atoms with Crippen molar-refractivity contribution in [1.29, 1.82) is 5.26 Å². The molecule has 0 unspecified atom stereocenters. The Morgan fingerprint density at radius 1 is 1.12 bits per heavy atom. The van der Waals surface area contributed by atoms with Gasteiger partial charge >= 0.3 is 0 Å². The molecule has 0 aliphatic heterocycles. The number of aromatic nitrogens is 1. The van der Waals surface area contributed by atoms with E-state index in [9.17, 15) is 5.26 Å². The van der Waals surface area contributed by atoms with Crippen LogP contribution in [0.4, 0.5) is 0 Å². The first-order valence-electron chi connectivity index (χ1n) is 8.06. The zero-order chi connectivity index (χ0) is 18.5. The number of thiophene rings is 1. The van der Waals surface area contributed by atoms with Gasteiger partial charge in [-0.3, -0.25) is 0 Å². The predicted octanol–water partition coefficient (Wildman–Crippen LogP) is 4.76. The highest BCUT2D eigenvalue weighted by atomic mass is 32.1. The monoisotopic (exact) mass is 366 g/mol. The molecule has 0 radical (unpaired) electrons. The van der Waals surface area contributed by atoms with Gasteiger partial charge in [-0.25, -0.2) is 4.98 Å². The summed E-state index contributed by atoms with van der Waals surface area (Å²) in [4.78, 5) is 5.56. The fraction of sp³-hybridized carbons (Fsp3) is 0.200. The predicted molar refractivity (Wildman–Crippen MR) is 102 cm³/mol. The Morgan fingerprint density at radius 2 is 1.92 bits per heavy atom. The van der Waals surface area contributed by atoms with Gasteiger partial charge in [-0.1, -0.05) is 12.1 Å². The molecule has 0 spiro atoms. The van der Waals surface area contributed by atoms with Crippen LogP contribution in [-0.4, -0.2) is 25.8 Å². The maximum Gasteiger partial charge on any atom is 0.232 e. The highest BCUT2D eigenvalue weighted by molar-refractivity contribution is 7.13. The standard InChI is InChI=1S/C20H18N2O3S/c1-4-25-20-15(12-21)14(11-16(22-20)19-6-5-9-26-19)13-7-8-17(23-2)18(10-13)24-3/h5-11H,4H2,1-3H3. The minimum atomic E-state index is 0.339. The van der Waals surface area contributed by atoms with Crippen LogP contribution < -0.4 is 14.2 Å². The van der Waals surface area contributed by atoms with Gasteiger partial charge in [0.2, 0.25) is 5.88 Å². The van der Waals surface area contributed by atoms with Crippen LogP contribution in [0.2, 0.25) is 0 Å². The number of benzene rings is 1. The van der Waals surface area contributed by atoms with E-state index in [0.717, 1.165) is 21.7 Å². The molecule has 1 aromatic carbocycles. The molecule has 0 bridgehead atoms. The van der Waals surface area contributed by atoms with Crippen LogP contribution in [0.1, 0.15) is 12.5 Å². The van der Waals surface area contributed by atoms with Crippen molar-refractivity contribution < 1.29 is 14.2 Å². The van der Waals surface area contributed by atoms with E-state index in [1.807, 2.05) is 48.7 Å². The van der Waals surface area contributed by atoms with Crippen LogP contribution in [0.3, 0.4) is 0 Å². The first-order chi connectivity index (χ1) is 12.7. The molecule has 0 amide bonds. The summed E-state index contributed by atoms with van der Waals surface area (Å²) in [5.41, 5.74) is 2.75. The lowest BCUT2D eigenvalue weighted by atomic mass is 9.99. The number of hydrogen-bond donors (Lipinski definition) is 0. The Morgan fingerprint density at radius 3 is 2.54 bits per heavy atom. The molecule has 2 heterocycles. The Bertz CT molecular complexity index is 946. The number of rotatable bonds is 6. The number of hydrogen-bond acceptors (Lipinski definition) is 6. The summed E-state index contributed by atoms with van der Waals surface area (Å²) < 4.78 is 16.3. The zero-order valence-electron chi connectivity index (χ0n) is 14.8. The molecule has 3 rings (SSSR count). The fourth-order valence-corrected chi connectivity index (χ4v) is 3.34. The van der Waals surface area contributed by atoms with E-state index < -0.39 is 0 Å². The van der Waals surface area contributed by atoms with Crippen molar-refractivity contribution in [2.45, 2.75) is 6.92 Å². The van der Waals surface area contributed by atoms with Crippen molar-refractivity contribution in [2.24, 2.45) is 0 Å². The van der Waals surface area contributed by atoms with Gasteiger partial charge in [0, 0.05) is 5.56 Å². The SMILES string of the molecule is CCOc1nc(-c2cccs2)cc(-c2ccc(OC)c(OC)c2)c1C#N. The molecule has 0 saturated heterocycles. The van der Waals surface area contributed by atoms with Crippen LogP contribution >= 0.6 is 11.3 Å². The molecule has 0 N–H and O–H groups in total. The number of ether oxygens (including phenoxy) is 3. The Hall–Kier alpha value is -3.04. The van der Waals surface area contributed by atoms with Gasteiger partial charge in [0.15, 0.2) is 11.5 Å².